The first kappa shape index (κ1) is 12.8. The second kappa shape index (κ2) is 4.74. The van der Waals surface area contributed by atoms with Crippen LogP contribution in [-0.2, 0) is 0 Å². The van der Waals surface area contributed by atoms with E-state index in [0.717, 1.165) is 0 Å². The quantitative estimate of drug-likeness (QED) is 0.781. The molecule has 0 aliphatic rings. The number of anilines is 1. The van der Waals surface area contributed by atoms with Gasteiger partial charge in [-0.1, -0.05) is 32.4 Å². The Labute approximate surface area is 101 Å². The van der Waals surface area contributed by atoms with Crippen molar-refractivity contribution < 1.29 is 4.79 Å². The van der Waals surface area contributed by atoms with Crippen molar-refractivity contribution >= 4 is 23.2 Å². The fourth-order valence-electron chi connectivity index (χ4n) is 1.18. The number of amides is 1. The Morgan fingerprint density at radius 3 is 2.56 bits per heavy atom. The molecule has 0 aliphatic heterocycles. The molecular weight excluding hydrogens is 224 g/mol. The molecule has 88 valence electrons. The van der Waals surface area contributed by atoms with Crippen molar-refractivity contribution in [3.05, 3.63) is 28.8 Å². The summed E-state index contributed by atoms with van der Waals surface area (Å²) in [6.45, 7) is 6.77. The van der Waals surface area contributed by atoms with Gasteiger partial charge in [0, 0.05) is 17.3 Å². The van der Waals surface area contributed by atoms with E-state index in [9.17, 15) is 4.79 Å². The number of benzene rings is 1. The number of hydrogen-bond donors (Lipinski definition) is 2. The van der Waals surface area contributed by atoms with Gasteiger partial charge in [0.1, 0.15) is 0 Å². The van der Waals surface area contributed by atoms with Crippen LogP contribution in [-0.4, -0.2) is 12.5 Å². The van der Waals surface area contributed by atoms with Gasteiger partial charge in [0.05, 0.1) is 5.56 Å². The first-order valence-electron chi connectivity index (χ1n) is 5.13. The maximum absolute atomic E-state index is 11.8. The van der Waals surface area contributed by atoms with E-state index in [1.165, 1.54) is 0 Å². The van der Waals surface area contributed by atoms with Gasteiger partial charge in [-0.2, -0.15) is 0 Å². The smallest absolute Gasteiger partial charge is 0.253 e. The van der Waals surface area contributed by atoms with Crippen molar-refractivity contribution in [2.75, 3.05) is 12.3 Å². The molecule has 1 aromatic rings. The molecule has 0 unspecified atom stereocenters. The van der Waals surface area contributed by atoms with E-state index in [1.54, 1.807) is 18.2 Å². The molecule has 0 saturated heterocycles. The predicted octanol–water partition coefficient (Wildman–Crippen LogP) is 2.70. The maximum atomic E-state index is 11.8. The molecule has 0 radical (unpaired) electrons. The maximum Gasteiger partial charge on any atom is 0.253 e. The van der Waals surface area contributed by atoms with Crippen LogP contribution in [0, 0.1) is 5.41 Å². The highest BCUT2D eigenvalue weighted by Gasteiger charge is 2.14. The summed E-state index contributed by atoms with van der Waals surface area (Å²) in [5, 5.41) is 3.37. The molecule has 0 bridgehead atoms. The van der Waals surface area contributed by atoms with Crippen LogP contribution in [0.3, 0.4) is 0 Å². The Kier molecular flexibility index (Phi) is 3.81. The van der Waals surface area contributed by atoms with Crippen molar-refractivity contribution in [2.24, 2.45) is 5.41 Å². The van der Waals surface area contributed by atoms with Crippen LogP contribution in [0.25, 0.3) is 0 Å². The Balaban J connectivity index is 2.74. The van der Waals surface area contributed by atoms with E-state index >= 15 is 0 Å². The molecule has 1 amide bonds. The third-order valence-corrected chi connectivity index (χ3v) is 2.27. The predicted molar refractivity (Wildman–Crippen MR) is 67.7 cm³/mol. The highest BCUT2D eigenvalue weighted by Crippen LogP contribution is 2.18. The van der Waals surface area contributed by atoms with Crippen LogP contribution in [0.5, 0.6) is 0 Å². The lowest BCUT2D eigenvalue weighted by Crippen LogP contribution is -2.32. The molecule has 0 spiro atoms. The summed E-state index contributed by atoms with van der Waals surface area (Å²) in [5.41, 5.74) is 6.64. The zero-order valence-corrected chi connectivity index (χ0v) is 10.6. The second-order valence-corrected chi connectivity index (χ2v) is 5.41. The lowest BCUT2D eigenvalue weighted by Gasteiger charge is -2.19. The number of carbonyl (C=O) groups is 1. The highest BCUT2D eigenvalue weighted by atomic mass is 35.5. The number of halogens is 1. The van der Waals surface area contributed by atoms with Crippen molar-refractivity contribution in [1.29, 1.82) is 0 Å². The topological polar surface area (TPSA) is 55.1 Å². The number of rotatable bonds is 2. The lowest BCUT2D eigenvalue weighted by atomic mass is 9.97. The minimum atomic E-state index is -0.163. The van der Waals surface area contributed by atoms with Gasteiger partial charge >= 0.3 is 0 Å². The zero-order valence-electron chi connectivity index (χ0n) is 9.80. The van der Waals surface area contributed by atoms with Crippen LogP contribution in [0.2, 0.25) is 5.02 Å². The van der Waals surface area contributed by atoms with Crippen LogP contribution >= 0.6 is 11.6 Å². The molecule has 0 saturated carbocycles. The number of hydrogen-bond acceptors (Lipinski definition) is 2. The van der Waals surface area contributed by atoms with Crippen LogP contribution in [0.4, 0.5) is 5.69 Å². The SMILES string of the molecule is CC(C)(C)CNC(=O)c1ccc(Cl)cc1N. The molecule has 0 atom stereocenters. The molecule has 3 nitrogen and oxygen atoms in total. The second-order valence-electron chi connectivity index (χ2n) is 4.97. The Bertz CT molecular complexity index is 396. The van der Waals surface area contributed by atoms with Crippen molar-refractivity contribution in [1.82, 2.24) is 5.32 Å². The summed E-state index contributed by atoms with van der Waals surface area (Å²) in [4.78, 5) is 11.8. The molecule has 0 aliphatic carbocycles. The van der Waals surface area contributed by atoms with E-state index in [1.807, 2.05) is 0 Å². The standard InChI is InChI=1S/C12H17ClN2O/c1-12(2,3)7-15-11(16)9-5-4-8(13)6-10(9)14/h4-6H,7,14H2,1-3H3,(H,15,16). The Morgan fingerprint density at radius 2 is 2.06 bits per heavy atom. The first-order valence-corrected chi connectivity index (χ1v) is 5.50. The van der Waals surface area contributed by atoms with E-state index in [2.05, 4.69) is 26.1 Å². The zero-order chi connectivity index (χ0) is 12.3. The van der Waals surface area contributed by atoms with Gasteiger partial charge in [0.2, 0.25) is 0 Å². The van der Waals surface area contributed by atoms with Gasteiger partial charge in [-0.3, -0.25) is 4.79 Å². The lowest BCUT2D eigenvalue weighted by molar-refractivity contribution is 0.0940. The van der Waals surface area contributed by atoms with Crippen molar-refractivity contribution in [2.45, 2.75) is 20.8 Å². The van der Waals surface area contributed by atoms with Crippen LogP contribution < -0.4 is 11.1 Å². The summed E-state index contributed by atoms with van der Waals surface area (Å²) in [6, 6.07) is 4.87. The molecule has 1 rings (SSSR count). The largest absolute Gasteiger partial charge is 0.398 e. The van der Waals surface area contributed by atoms with Gasteiger partial charge in [0.15, 0.2) is 0 Å². The first-order chi connectivity index (χ1) is 7.29. The molecular formula is C12H17ClN2O. The molecule has 1 aromatic carbocycles. The van der Waals surface area contributed by atoms with E-state index < -0.39 is 0 Å². The summed E-state index contributed by atoms with van der Waals surface area (Å²) in [5.74, 6) is -0.163. The molecule has 0 aromatic heterocycles. The minimum absolute atomic E-state index is 0.0524. The van der Waals surface area contributed by atoms with Gasteiger partial charge < -0.3 is 11.1 Å². The monoisotopic (exact) mass is 240 g/mol. The number of nitrogens with two attached hydrogens (primary N) is 1. The van der Waals surface area contributed by atoms with Crippen LogP contribution in [0.15, 0.2) is 18.2 Å². The Morgan fingerprint density at radius 1 is 1.44 bits per heavy atom. The molecule has 3 N–H and O–H groups in total. The highest BCUT2D eigenvalue weighted by molar-refractivity contribution is 6.31. The number of nitrogens with one attached hydrogen (secondary N) is 1. The third kappa shape index (κ3) is 3.74. The summed E-state index contributed by atoms with van der Waals surface area (Å²) < 4.78 is 0. The van der Waals surface area contributed by atoms with Gasteiger partial charge in [-0.25, -0.2) is 0 Å². The number of nitrogen functional groups attached to an aromatic ring is 1. The fourth-order valence-corrected chi connectivity index (χ4v) is 1.36. The van der Waals surface area contributed by atoms with Crippen molar-refractivity contribution in [3.63, 3.8) is 0 Å². The van der Waals surface area contributed by atoms with E-state index in [-0.39, 0.29) is 11.3 Å². The minimum Gasteiger partial charge on any atom is -0.398 e. The molecule has 16 heavy (non-hydrogen) atoms. The summed E-state index contributed by atoms with van der Waals surface area (Å²) in [7, 11) is 0. The average Bonchev–Trinajstić information content (AvgIpc) is 2.13. The van der Waals surface area contributed by atoms with Crippen molar-refractivity contribution in [3.8, 4) is 0 Å². The summed E-state index contributed by atoms with van der Waals surface area (Å²) >= 11 is 5.76. The van der Waals surface area contributed by atoms with E-state index in [4.69, 9.17) is 17.3 Å². The van der Waals surface area contributed by atoms with E-state index in [0.29, 0.717) is 22.8 Å². The van der Waals surface area contributed by atoms with Gasteiger partial charge in [-0.05, 0) is 23.6 Å². The van der Waals surface area contributed by atoms with Gasteiger partial charge in [0.25, 0.3) is 5.91 Å². The third-order valence-electron chi connectivity index (χ3n) is 2.04. The van der Waals surface area contributed by atoms with Crippen LogP contribution in [0.1, 0.15) is 31.1 Å². The van der Waals surface area contributed by atoms with Gasteiger partial charge in [-0.15, -0.1) is 0 Å². The molecule has 4 heteroatoms. The average molecular weight is 241 g/mol. The fraction of sp³-hybridized carbons (Fsp3) is 0.417. The Hall–Kier alpha value is -1.22. The summed E-state index contributed by atoms with van der Waals surface area (Å²) in [6.07, 6.45) is 0. The normalized spacial score (nSPS) is 11.2. The number of carbonyl (C=O) groups excluding carboxylic acids is 1. The molecule has 0 fully saturated rings. The molecule has 0 heterocycles.